The highest BCUT2D eigenvalue weighted by Gasteiger charge is 2.39. The molecule has 0 saturated carbocycles. The molecule has 1 unspecified atom stereocenters. The van der Waals surface area contributed by atoms with Gasteiger partial charge < -0.3 is 10.1 Å². The first-order valence-electron chi connectivity index (χ1n) is 7.77. The average molecular weight is 302 g/mol. The Morgan fingerprint density at radius 3 is 2.73 bits per heavy atom. The molecule has 0 bridgehead atoms. The van der Waals surface area contributed by atoms with E-state index < -0.39 is 6.04 Å². The number of fused-ring (bicyclic) bond motifs is 1. The highest BCUT2D eigenvalue weighted by Crippen LogP contribution is 2.39. The number of nitrogens with one attached hydrogen (secondary N) is 1. The van der Waals surface area contributed by atoms with Crippen LogP contribution in [0.25, 0.3) is 0 Å². The summed E-state index contributed by atoms with van der Waals surface area (Å²) in [5.41, 5.74) is 1.38. The number of carbonyl (C=O) groups excluding carboxylic acids is 2. The summed E-state index contributed by atoms with van der Waals surface area (Å²) in [6, 6.07) is 5.28. The van der Waals surface area contributed by atoms with Crippen LogP contribution in [0.1, 0.15) is 39.2 Å². The zero-order valence-corrected chi connectivity index (χ0v) is 13.3. The second-order valence-electron chi connectivity index (χ2n) is 6.86. The lowest BCUT2D eigenvalue weighted by molar-refractivity contribution is -0.127. The molecular formula is C17H22N2O3. The minimum absolute atomic E-state index is 0.0259. The van der Waals surface area contributed by atoms with Crippen molar-refractivity contribution in [1.29, 1.82) is 0 Å². The number of piperidine rings is 1. The van der Waals surface area contributed by atoms with Gasteiger partial charge in [0.1, 0.15) is 17.4 Å². The molecule has 1 atom stereocenters. The van der Waals surface area contributed by atoms with Crippen molar-refractivity contribution in [2.24, 2.45) is 0 Å². The number of hydrogen-bond donors (Lipinski definition) is 1. The molecule has 5 nitrogen and oxygen atoms in total. The molecular weight excluding hydrogens is 280 g/mol. The standard InChI is InChI=1S/C17H22N2O3/c1-17(2,3)22-14-8-4-6-12-11(14)10-15(20)19(12)13-7-5-9-18-16(13)21/h4,6,8,13H,5,7,9-10H2,1-3H3,(H,18,21). The van der Waals surface area contributed by atoms with Crippen LogP contribution >= 0.6 is 0 Å². The second kappa shape index (κ2) is 5.30. The van der Waals surface area contributed by atoms with Crippen LogP contribution in [-0.4, -0.2) is 30.0 Å². The second-order valence-corrected chi connectivity index (χ2v) is 6.86. The fourth-order valence-corrected chi connectivity index (χ4v) is 3.10. The zero-order chi connectivity index (χ0) is 15.9. The number of rotatable bonds is 2. The van der Waals surface area contributed by atoms with Crippen LogP contribution in [0.5, 0.6) is 5.75 Å². The Morgan fingerprint density at radius 1 is 1.27 bits per heavy atom. The van der Waals surface area contributed by atoms with Gasteiger partial charge in [0.25, 0.3) is 0 Å². The first-order chi connectivity index (χ1) is 10.4. The molecule has 22 heavy (non-hydrogen) atoms. The molecule has 1 fully saturated rings. The van der Waals surface area contributed by atoms with E-state index in [1.807, 2.05) is 39.0 Å². The third-order valence-corrected chi connectivity index (χ3v) is 3.95. The Balaban J connectivity index is 1.96. The molecule has 5 heteroatoms. The minimum atomic E-state index is -0.396. The van der Waals surface area contributed by atoms with Crippen molar-refractivity contribution in [3.63, 3.8) is 0 Å². The van der Waals surface area contributed by atoms with Gasteiger partial charge in [0, 0.05) is 12.1 Å². The van der Waals surface area contributed by atoms with E-state index >= 15 is 0 Å². The summed E-state index contributed by atoms with van der Waals surface area (Å²) in [6.45, 7) is 6.64. The molecule has 2 aliphatic rings. The Kier molecular flexibility index (Phi) is 3.59. The van der Waals surface area contributed by atoms with Crippen molar-refractivity contribution in [2.45, 2.75) is 51.7 Å². The van der Waals surface area contributed by atoms with E-state index in [2.05, 4.69) is 5.32 Å². The van der Waals surface area contributed by atoms with Gasteiger partial charge in [-0.3, -0.25) is 14.5 Å². The van der Waals surface area contributed by atoms with Crippen LogP contribution in [0.4, 0.5) is 5.69 Å². The van der Waals surface area contributed by atoms with E-state index in [9.17, 15) is 9.59 Å². The van der Waals surface area contributed by atoms with E-state index in [0.29, 0.717) is 19.4 Å². The summed E-state index contributed by atoms with van der Waals surface area (Å²) in [5.74, 6) is 0.647. The molecule has 0 spiro atoms. The summed E-state index contributed by atoms with van der Waals surface area (Å²) in [6.07, 6.45) is 1.90. The van der Waals surface area contributed by atoms with Gasteiger partial charge in [0.15, 0.2) is 0 Å². The number of nitrogens with zero attached hydrogens (tertiary/aromatic N) is 1. The number of carbonyl (C=O) groups is 2. The lowest BCUT2D eigenvalue weighted by Gasteiger charge is -2.31. The number of amides is 2. The number of anilines is 1. The lowest BCUT2D eigenvalue weighted by atomic mass is 10.0. The lowest BCUT2D eigenvalue weighted by Crippen LogP contribution is -2.51. The highest BCUT2D eigenvalue weighted by molar-refractivity contribution is 6.07. The maximum absolute atomic E-state index is 12.5. The van der Waals surface area contributed by atoms with Crippen molar-refractivity contribution in [1.82, 2.24) is 5.32 Å². The van der Waals surface area contributed by atoms with E-state index in [0.717, 1.165) is 23.4 Å². The van der Waals surface area contributed by atoms with Crippen LogP contribution in [0.3, 0.4) is 0 Å². The predicted octanol–water partition coefficient (Wildman–Crippen LogP) is 2.03. The van der Waals surface area contributed by atoms with Crippen LogP contribution in [0, 0.1) is 0 Å². The van der Waals surface area contributed by atoms with Crippen LogP contribution in [0.15, 0.2) is 18.2 Å². The first kappa shape index (κ1) is 14.9. The third kappa shape index (κ3) is 2.67. The van der Waals surface area contributed by atoms with Gasteiger partial charge in [-0.15, -0.1) is 0 Å². The number of ether oxygens (including phenoxy) is 1. The summed E-state index contributed by atoms with van der Waals surface area (Å²) in [7, 11) is 0. The van der Waals surface area contributed by atoms with Crippen molar-refractivity contribution in [2.75, 3.05) is 11.4 Å². The van der Waals surface area contributed by atoms with E-state index in [-0.39, 0.29) is 17.4 Å². The molecule has 0 aliphatic carbocycles. The highest BCUT2D eigenvalue weighted by atomic mass is 16.5. The maximum Gasteiger partial charge on any atom is 0.243 e. The Bertz CT molecular complexity index is 619. The number of hydrogen-bond acceptors (Lipinski definition) is 3. The van der Waals surface area contributed by atoms with E-state index in [1.54, 1.807) is 4.90 Å². The SMILES string of the molecule is CC(C)(C)Oc1cccc2c1CC(=O)N2C1CCCNC1=O. The molecule has 1 N–H and O–H groups in total. The van der Waals surface area contributed by atoms with Crippen LogP contribution in [0.2, 0.25) is 0 Å². The summed E-state index contributed by atoms with van der Waals surface area (Å²) in [5, 5.41) is 2.85. The largest absolute Gasteiger partial charge is 0.488 e. The van der Waals surface area contributed by atoms with Gasteiger partial charge in [-0.1, -0.05) is 6.07 Å². The monoisotopic (exact) mass is 302 g/mol. The molecule has 1 aromatic carbocycles. The average Bonchev–Trinajstić information content (AvgIpc) is 2.75. The Morgan fingerprint density at radius 2 is 2.05 bits per heavy atom. The van der Waals surface area contributed by atoms with Gasteiger partial charge in [0.05, 0.1) is 12.1 Å². The maximum atomic E-state index is 12.5. The normalized spacial score (nSPS) is 21.6. The van der Waals surface area contributed by atoms with Crippen LogP contribution in [-0.2, 0) is 16.0 Å². The van der Waals surface area contributed by atoms with Crippen molar-refractivity contribution < 1.29 is 14.3 Å². The minimum Gasteiger partial charge on any atom is -0.488 e. The Hall–Kier alpha value is -2.04. The summed E-state index contributed by atoms with van der Waals surface area (Å²) in [4.78, 5) is 26.3. The van der Waals surface area contributed by atoms with E-state index in [1.165, 1.54) is 0 Å². The fraction of sp³-hybridized carbons (Fsp3) is 0.529. The summed E-state index contributed by atoms with van der Waals surface area (Å²) >= 11 is 0. The predicted molar refractivity (Wildman–Crippen MR) is 84.0 cm³/mol. The van der Waals surface area contributed by atoms with Crippen molar-refractivity contribution in [3.05, 3.63) is 23.8 Å². The molecule has 1 aromatic rings. The quantitative estimate of drug-likeness (QED) is 0.909. The molecule has 0 aromatic heterocycles. The molecule has 2 amide bonds. The van der Waals surface area contributed by atoms with Gasteiger partial charge in [-0.25, -0.2) is 0 Å². The smallest absolute Gasteiger partial charge is 0.243 e. The van der Waals surface area contributed by atoms with E-state index in [4.69, 9.17) is 4.74 Å². The topological polar surface area (TPSA) is 58.6 Å². The molecule has 3 rings (SSSR count). The third-order valence-electron chi connectivity index (χ3n) is 3.95. The molecule has 1 saturated heterocycles. The number of benzene rings is 1. The van der Waals surface area contributed by atoms with Crippen molar-refractivity contribution >= 4 is 17.5 Å². The first-order valence-corrected chi connectivity index (χ1v) is 7.77. The Labute approximate surface area is 130 Å². The van der Waals surface area contributed by atoms with Gasteiger partial charge in [-0.05, 0) is 45.7 Å². The van der Waals surface area contributed by atoms with Gasteiger partial charge >= 0.3 is 0 Å². The molecule has 2 aliphatic heterocycles. The fourth-order valence-electron chi connectivity index (χ4n) is 3.10. The molecule has 2 heterocycles. The van der Waals surface area contributed by atoms with Gasteiger partial charge in [0.2, 0.25) is 11.8 Å². The summed E-state index contributed by atoms with van der Waals surface area (Å²) < 4.78 is 5.98. The van der Waals surface area contributed by atoms with Crippen LogP contribution < -0.4 is 15.0 Å². The molecule has 0 radical (unpaired) electrons. The zero-order valence-electron chi connectivity index (χ0n) is 13.3. The van der Waals surface area contributed by atoms with Gasteiger partial charge in [-0.2, -0.15) is 0 Å². The molecule has 118 valence electrons. The van der Waals surface area contributed by atoms with Crippen molar-refractivity contribution in [3.8, 4) is 5.75 Å².